The molecule has 0 aliphatic carbocycles. The lowest BCUT2D eigenvalue weighted by Crippen LogP contribution is -2.34. The molecule has 0 saturated carbocycles. The van der Waals surface area contributed by atoms with Gasteiger partial charge in [0.05, 0.1) is 20.3 Å². The zero-order chi connectivity index (χ0) is 21.3. The van der Waals surface area contributed by atoms with E-state index in [4.69, 9.17) is 9.47 Å². The topological polar surface area (TPSA) is 38.8 Å². The molecule has 4 heteroatoms. The van der Waals surface area contributed by atoms with Crippen LogP contribution in [-0.2, 0) is 4.79 Å². The molecule has 0 unspecified atom stereocenters. The first-order chi connectivity index (χ1) is 14.7. The van der Waals surface area contributed by atoms with Crippen LogP contribution in [0.25, 0.3) is 6.08 Å². The van der Waals surface area contributed by atoms with Gasteiger partial charge in [-0.15, -0.1) is 0 Å². The highest BCUT2D eigenvalue weighted by molar-refractivity contribution is 5.92. The van der Waals surface area contributed by atoms with Crippen LogP contribution in [0.1, 0.15) is 29.7 Å². The smallest absolute Gasteiger partial charge is 0.247 e. The van der Waals surface area contributed by atoms with Crippen molar-refractivity contribution in [3.05, 3.63) is 102 Å². The molecule has 3 aromatic rings. The molecule has 0 bridgehead atoms. The van der Waals surface area contributed by atoms with E-state index in [0.717, 1.165) is 16.7 Å². The lowest BCUT2D eigenvalue weighted by atomic mass is 9.97. The molecule has 0 saturated heterocycles. The molecule has 0 aliphatic heterocycles. The molecule has 0 aromatic heterocycles. The summed E-state index contributed by atoms with van der Waals surface area (Å²) in [7, 11) is 3.23. The third-order valence-electron chi connectivity index (χ3n) is 5.01. The van der Waals surface area contributed by atoms with Gasteiger partial charge in [-0.1, -0.05) is 60.7 Å². The first kappa shape index (κ1) is 21.2. The normalized spacial score (nSPS) is 10.9. The third-order valence-corrected chi connectivity index (χ3v) is 5.01. The fourth-order valence-corrected chi connectivity index (χ4v) is 3.52. The summed E-state index contributed by atoms with van der Waals surface area (Å²) < 4.78 is 10.7. The number of amides is 1. The highest BCUT2D eigenvalue weighted by Gasteiger charge is 2.24. The number of likely N-dealkylation sites (N-methyl/N-ethyl adjacent to an activating group) is 1. The van der Waals surface area contributed by atoms with Crippen LogP contribution in [0.3, 0.4) is 0 Å². The molecule has 4 nitrogen and oxygen atoms in total. The highest BCUT2D eigenvalue weighted by Crippen LogP contribution is 2.29. The summed E-state index contributed by atoms with van der Waals surface area (Å²) in [6.45, 7) is 2.57. The molecular weight excluding hydrogens is 374 g/mol. The van der Waals surface area contributed by atoms with E-state index in [0.29, 0.717) is 18.0 Å². The van der Waals surface area contributed by atoms with E-state index in [1.54, 1.807) is 26.4 Å². The van der Waals surface area contributed by atoms with Crippen LogP contribution in [0.5, 0.6) is 11.5 Å². The van der Waals surface area contributed by atoms with Crippen LogP contribution in [0.2, 0.25) is 0 Å². The van der Waals surface area contributed by atoms with Gasteiger partial charge in [-0.25, -0.2) is 0 Å². The molecule has 0 N–H and O–H groups in total. The van der Waals surface area contributed by atoms with Gasteiger partial charge in [0.25, 0.3) is 0 Å². The number of hydrogen-bond donors (Lipinski definition) is 0. The number of rotatable bonds is 8. The lowest BCUT2D eigenvalue weighted by Gasteiger charge is -2.31. The number of carbonyl (C=O) groups is 1. The Balaban J connectivity index is 1.95. The van der Waals surface area contributed by atoms with Crippen molar-refractivity contribution in [2.45, 2.75) is 13.0 Å². The van der Waals surface area contributed by atoms with Gasteiger partial charge in [-0.05, 0) is 42.3 Å². The minimum Gasteiger partial charge on any atom is -0.497 e. The molecule has 0 heterocycles. The Morgan fingerprint density at radius 1 is 0.900 bits per heavy atom. The number of ether oxygens (including phenoxy) is 2. The molecule has 0 atom stereocenters. The second-order valence-electron chi connectivity index (χ2n) is 6.79. The fraction of sp³-hybridized carbons (Fsp3) is 0.192. The van der Waals surface area contributed by atoms with Gasteiger partial charge in [-0.2, -0.15) is 0 Å². The maximum atomic E-state index is 13.3. The maximum absolute atomic E-state index is 13.3. The first-order valence-corrected chi connectivity index (χ1v) is 9.98. The number of benzene rings is 3. The first-order valence-electron chi connectivity index (χ1n) is 9.98. The number of nitrogens with zero attached hydrogens (tertiary/aromatic N) is 1. The molecule has 154 valence electrons. The fourth-order valence-electron chi connectivity index (χ4n) is 3.52. The Labute approximate surface area is 178 Å². The van der Waals surface area contributed by atoms with E-state index in [2.05, 4.69) is 24.3 Å². The summed E-state index contributed by atoms with van der Waals surface area (Å²) in [5.41, 5.74) is 2.94. The summed E-state index contributed by atoms with van der Waals surface area (Å²) in [6.07, 6.45) is 3.37. The van der Waals surface area contributed by atoms with Crippen LogP contribution in [-0.4, -0.2) is 31.6 Å². The molecule has 0 spiro atoms. The van der Waals surface area contributed by atoms with Crippen molar-refractivity contribution in [1.82, 2.24) is 4.90 Å². The monoisotopic (exact) mass is 401 g/mol. The van der Waals surface area contributed by atoms with Gasteiger partial charge in [0.1, 0.15) is 11.5 Å². The summed E-state index contributed by atoms with van der Waals surface area (Å²) in [5.74, 6) is 1.33. The predicted molar refractivity (Wildman–Crippen MR) is 121 cm³/mol. The molecule has 30 heavy (non-hydrogen) atoms. The number of methoxy groups -OCH3 is 2. The summed E-state index contributed by atoms with van der Waals surface area (Å²) in [6, 6.07) is 25.6. The minimum absolute atomic E-state index is 0.0694. The van der Waals surface area contributed by atoms with Crippen molar-refractivity contribution >= 4 is 12.0 Å². The average Bonchev–Trinajstić information content (AvgIpc) is 2.81. The number of carbonyl (C=O) groups excluding carboxylic acids is 1. The predicted octanol–water partition coefficient (Wildman–Crippen LogP) is 5.36. The zero-order valence-corrected chi connectivity index (χ0v) is 17.6. The van der Waals surface area contributed by atoms with Crippen molar-refractivity contribution in [2.75, 3.05) is 20.8 Å². The molecule has 0 radical (unpaired) electrons. The second-order valence-corrected chi connectivity index (χ2v) is 6.79. The van der Waals surface area contributed by atoms with Crippen LogP contribution >= 0.6 is 0 Å². The van der Waals surface area contributed by atoms with Gasteiger partial charge in [0, 0.05) is 18.2 Å². The second kappa shape index (κ2) is 10.3. The number of hydrogen-bond acceptors (Lipinski definition) is 3. The van der Waals surface area contributed by atoms with Gasteiger partial charge in [0.2, 0.25) is 5.91 Å². The van der Waals surface area contributed by atoms with Gasteiger partial charge in [-0.3, -0.25) is 4.79 Å². The average molecular weight is 402 g/mol. The summed E-state index contributed by atoms with van der Waals surface area (Å²) >= 11 is 0. The van der Waals surface area contributed by atoms with E-state index in [9.17, 15) is 4.79 Å². The Morgan fingerprint density at radius 3 is 2.00 bits per heavy atom. The Hall–Kier alpha value is -3.53. The quantitative estimate of drug-likeness (QED) is 0.477. The Bertz CT molecular complexity index is 944. The maximum Gasteiger partial charge on any atom is 0.247 e. The van der Waals surface area contributed by atoms with Gasteiger partial charge < -0.3 is 14.4 Å². The van der Waals surface area contributed by atoms with Crippen molar-refractivity contribution in [3.8, 4) is 11.5 Å². The molecule has 0 aliphatic rings. The van der Waals surface area contributed by atoms with E-state index < -0.39 is 0 Å². The molecular formula is C26H27NO3. The van der Waals surface area contributed by atoms with Crippen molar-refractivity contribution < 1.29 is 14.3 Å². The minimum atomic E-state index is -0.165. The SMILES string of the molecule is CCN(C(=O)/C=C/c1cc(OC)ccc1OC)C(c1ccccc1)c1ccccc1. The third kappa shape index (κ3) is 4.90. The lowest BCUT2D eigenvalue weighted by molar-refractivity contribution is -0.127. The van der Waals surface area contributed by atoms with Crippen LogP contribution < -0.4 is 9.47 Å². The van der Waals surface area contributed by atoms with Gasteiger partial charge in [0.15, 0.2) is 0 Å². The Morgan fingerprint density at radius 2 is 1.50 bits per heavy atom. The van der Waals surface area contributed by atoms with Crippen LogP contribution in [0, 0.1) is 0 Å². The highest BCUT2D eigenvalue weighted by atomic mass is 16.5. The standard InChI is InChI=1S/C26H27NO3/c1-4-27(25(28)18-15-22-19-23(29-2)16-17-24(22)30-3)26(20-11-7-5-8-12-20)21-13-9-6-10-14-21/h5-19,26H,4H2,1-3H3/b18-15+. The van der Waals surface area contributed by atoms with Gasteiger partial charge >= 0.3 is 0 Å². The van der Waals surface area contributed by atoms with E-state index >= 15 is 0 Å². The van der Waals surface area contributed by atoms with Crippen LogP contribution in [0.4, 0.5) is 0 Å². The van der Waals surface area contributed by atoms with Crippen molar-refractivity contribution in [3.63, 3.8) is 0 Å². The molecule has 1 amide bonds. The van der Waals surface area contributed by atoms with E-state index in [-0.39, 0.29) is 11.9 Å². The van der Waals surface area contributed by atoms with Crippen LogP contribution in [0.15, 0.2) is 84.9 Å². The zero-order valence-electron chi connectivity index (χ0n) is 17.6. The summed E-state index contributed by atoms with van der Waals surface area (Å²) in [5, 5.41) is 0. The van der Waals surface area contributed by atoms with Crippen molar-refractivity contribution in [2.24, 2.45) is 0 Å². The Kier molecular flexibility index (Phi) is 7.28. The molecule has 3 rings (SSSR count). The van der Waals surface area contributed by atoms with E-state index in [1.807, 2.05) is 66.4 Å². The largest absolute Gasteiger partial charge is 0.497 e. The van der Waals surface area contributed by atoms with Crippen molar-refractivity contribution in [1.29, 1.82) is 0 Å². The molecule has 3 aromatic carbocycles. The van der Waals surface area contributed by atoms with E-state index in [1.165, 1.54) is 0 Å². The molecule has 0 fully saturated rings. The summed E-state index contributed by atoms with van der Waals surface area (Å²) in [4.78, 5) is 15.1.